The summed E-state index contributed by atoms with van der Waals surface area (Å²) >= 11 is 6.41. The Morgan fingerprint density at radius 3 is 2.15 bits per heavy atom. The number of rotatable bonds is 4. The zero-order valence-electron chi connectivity index (χ0n) is 12.7. The minimum Gasteiger partial charge on any atom is -0.495 e. The number of halogens is 1. The van der Waals surface area contributed by atoms with Gasteiger partial charge in [-0.25, -0.2) is 0 Å². The maximum Gasteiger partial charge on any atom is 0.183 e. The van der Waals surface area contributed by atoms with E-state index in [0.717, 1.165) is 24.1 Å². The van der Waals surface area contributed by atoms with Crippen LogP contribution in [0, 0.1) is 5.92 Å². The van der Waals surface area contributed by atoms with Crippen LogP contribution in [0.15, 0.2) is 0 Å². The third-order valence-electron chi connectivity index (χ3n) is 3.78. The van der Waals surface area contributed by atoms with Gasteiger partial charge in [-0.15, -0.1) is 0 Å². The van der Waals surface area contributed by atoms with Gasteiger partial charge in [0.25, 0.3) is 0 Å². The molecular formula is C15H22ClNO3. The van der Waals surface area contributed by atoms with E-state index in [0.29, 0.717) is 28.2 Å². The first-order valence-electron chi connectivity index (χ1n) is 6.80. The van der Waals surface area contributed by atoms with E-state index in [9.17, 15) is 0 Å². The first-order chi connectivity index (χ1) is 9.56. The van der Waals surface area contributed by atoms with Crippen molar-refractivity contribution in [3.63, 3.8) is 0 Å². The summed E-state index contributed by atoms with van der Waals surface area (Å²) in [5.41, 5.74) is 2.22. The zero-order chi connectivity index (χ0) is 14.9. The summed E-state index contributed by atoms with van der Waals surface area (Å²) in [6.07, 6.45) is 0.863. The van der Waals surface area contributed by atoms with E-state index in [1.165, 1.54) is 0 Å². The standard InChI is InChI=1S/C15H22ClNO3/c1-8(2)12-10-9(6-7-17-12)13(18-3)11(16)15(20-5)14(10)19-4/h8,12,17H,6-7H2,1-5H3. The van der Waals surface area contributed by atoms with Crippen LogP contribution in [0.2, 0.25) is 5.02 Å². The molecule has 1 atom stereocenters. The van der Waals surface area contributed by atoms with Crippen molar-refractivity contribution >= 4 is 11.6 Å². The molecule has 1 aliphatic rings. The molecule has 112 valence electrons. The third kappa shape index (κ3) is 2.31. The molecule has 1 N–H and O–H groups in total. The number of methoxy groups -OCH3 is 3. The molecule has 0 aliphatic carbocycles. The molecule has 4 nitrogen and oxygen atoms in total. The van der Waals surface area contributed by atoms with Gasteiger partial charge in [0, 0.05) is 17.2 Å². The molecule has 1 aromatic carbocycles. The Morgan fingerprint density at radius 1 is 1.05 bits per heavy atom. The second-order valence-corrected chi connectivity index (χ2v) is 5.61. The largest absolute Gasteiger partial charge is 0.495 e. The zero-order valence-corrected chi connectivity index (χ0v) is 13.4. The summed E-state index contributed by atoms with van der Waals surface area (Å²) in [6.45, 7) is 5.26. The summed E-state index contributed by atoms with van der Waals surface area (Å²) in [4.78, 5) is 0. The van der Waals surface area contributed by atoms with E-state index < -0.39 is 0 Å². The number of nitrogens with one attached hydrogen (secondary N) is 1. The number of hydrogen-bond acceptors (Lipinski definition) is 4. The van der Waals surface area contributed by atoms with Crippen LogP contribution < -0.4 is 19.5 Å². The topological polar surface area (TPSA) is 39.7 Å². The summed E-state index contributed by atoms with van der Waals surface area (Å²) in [5, 5.41) is 4.02. The number of benzene rings is 1. The molecule has 1 aliphatic heterocycles. The highest BCUT2D eigenvalue weighted by Crippen LogP contribution is 2.51. The fraction of sp³-hybridized carbons (Fsp3) is 0.600. The molecule has 2 rings (SSSR count). The smallest absolute Gasteiger partial charge is 0.183 e. The number of hydrogen-bond donors (Lipinski definition) is 1. The van der Waals surface area contributed by atoms with Gasteiger partial charge in [0.2, 0.25) is 0 Å². The van der Waals surface area contributed by atoms with E-state index in [4.69, 9.17) is 25.8 Å². The van der Waals surface area contributed by atoms with Crippen LogP contribution >= 0.6 is 11.6 Å². The van der Waals surface area contributed by atoms with Crippen LogP contribution in [0.3, 0.4) is 0 Å². The van der Waals surface area contributed by atoms with Gasteiger partial charge >= 0.3 is 0 Å². The van der Waals surface area contributed by atoms with E-state index in [-0.39, 0.29) is 6.04 Å². The van der Waals surface area contributed by atoms with Crippen molar-refractivity contribution in [3.05, 3.63) is 16.1 Å². The highest BCUT2D eigenvalue weighted by molar-refractivity contribution is 6.34. The van der Waals surface area contributed by atoms with Crippen LogP contribution in [0.5, 0.6) is 17.2 Å². The summed E-state index contributed by atoms with van der Waals surface area (Å²) < 4.78 is 16.5. The highest BCUT2D eigenvalue weighted by atomic mass is 35.5. The highest BCUT2D eigenvalue weighted by Gasteiger charge is 2.33. The Hall–Kier alpha value is -1.13. The maximum absolute atomic E-state index is 6.41. The number of fused-ring (bicyclic) bond motifs is 1. The van der Waals surface area contributed by atoms with Crippen LogP contribution in [0.1, 0.15) is 31.0 Å². The van der Waals surface area contributed by atoms with Crippen molar-refractivity contribution in [3.8, 4) is 17.2 Å². The summed E-state index contributed by atoms with van der Waals surface area (Å²) in [7, 11) is 4.88. The lowest BCUT2D eigenvalue weighted by Crippen LogP contribution is -2.34. The predicted octanol–water partition coefficient (Wildman–Crippen LogP) is 3.21. The third-order valence-corrected chi connectivity index (χ3v) is 4.12. The van der Waals surface area contributed by atoms with Gasteiger partial charge in [-0.1, -0.05) is 25.4 Å². The van der Waals surface area contributed by atoms with Gasteiger partial charge in [-0.3, -0.25) is 0 Å². The van der Waals surface area contributed by atoms with Gasteiger partial charge in [0.1, 0.15) is 10.8 Å². The van der Waals surface area contributed by atoms with Crippen molar-refractivity contribution in [1.82, 2.24) is 5.32 Å². The predicted molar refractivity (Wildman–Crippen MR) is 80.4 cm³/mol. The Bertz CT molecular complexity index is 477. The Labute approximate surface area is 125 Å². The van der Waals surface area contributed by atoms with Crippen LogP contribution in [0.4, 0.5) is 0 Å². The molecule has 0 amide bonds. The van der Waals surface area contributed by atoms with Crippen LogP contribution in [0.25, 0.3) is 0 Å². The van der Waals surface area contributed by atoms with Gasteiger partial charge in [-0.05, 0) is 18.9 Å². The molecule has 0 saturated heterocycles. The second kappa shape index (κ2) is 6.10. The molecule has 1 heterocycles. The van der Waals surface area contributed by atoms with Crippen molar-refractivity contribution in [2.24, 2.45) is 5.92 Å². The van der Waals surface area contributed by atoms with Gasteiger partial charge in [0.05, 0.1) is 21.3 Å². The van der Waals surface area contributed by atoms with E-state index in [1.54, 1.807) is 21.3 Å². The lowest BCUT2D eigenvalue weighted by atomic mass is 9.86. The van der Waals surface area contributed by atoms with Crippen molar-refractivity contribution in [2.45, 2.75) is 26.3 Å². The minimum absolute atomic E-state index is 0.203. The average molecular weight is 300 g/mol. The average Bonchev–Trinajstić information content (AvgIpc) is 2.45. The van der Waals surface area contributed by atoms with Crippen molar-refractivity contribution < 1.29 is 14.2 Å². The fourth-order valence-electron chi connectivity index (χ4n) is 2.92. The monoisotopic (exact) mass is 299 g/mol. The normalized spacial score (nSPS) is 17.9. The lowest BCUT2D eigenvalue weighted by Gasteiger charge is -2.33. The molecule has 0 bridgehead atoms. The van der Waals surface area contributed by atoms with Gasteiger partial charge in [0.15, 0.2) is 11.5 Å². The quantitative estimate of drug-likeness (QED) is 0.927. The molecule has 20 heavy (non-hydrogen) atoms. The molecule has 0 fully saturated rings. The van der Waals surface area contributed by atoms with Crippen molar-refractivity contribution in [2.75, 3.05) is 27.9 Å². The SMILES string of the molecule is COc1c(Cl)c(OC)c(OC)c2c1CCNC2C(C)C. The van der Waals surface area contributed by atoms with Crippen LogP contribution in [-0.2, 0) is 6.42 Å². The molecule has 5 heteroatoms. The molecule has 0 radical (unpaired) electrons. The van der Waals surface area contributed by atoms with Crippen molar-refractivity contribution in [1.29, 1.82) is 0 Å². The Morgan fingerprint density at radius 2 is 1.65 bits per heavy atom. The molecule has 0 aromatic heterocycles. The van der Waals surface area contributed by atoms with E-state index in [1.807, 2.05) is 0 Å². The van der Waals surface area contributed by atoms with E-state index in [2.05, 4.69) is 19.2 Å². The summed E-state index contributed by atoms with van der Waals surface area (Å²) in [5.74, 6) is 2.38. The Balaban J connectivity index is 2.77. The van der Waals surface area contributed by atoms with Crippen LogP contribution in [-0.4, -0.2) is 27.9 Å². The molecule has 1 aromatic rings. The Kier molecular flexibility index (Phi) is 4.66. The molecule has 1 unspecified atom stereocenters. The molecule has 0 saturated carbocycles. The minimum atomic E-state index is 0.203. The fourth-order valence-corrected chi connectivity index (χ4v) is 3.27. The second-order valence-electron chi connectivity index (χ2n) is 5.23. The number of ether oxygens (including phenoxy) is 3. The maximum atomic E-state index is 6.41. The first kappa shape index (κ1) is 15.3. The summed E-state index contributed by atoms with van der Waals surface area (Å²) in [6, 6.07) is 0.203. The lowest BCUT2D eigenvalue weighted by molar-refractivity contribution is 0.319. The van der Waals surface area contributed by atoms with Gasteiger partial charge in [-0.2, -0.15) is 0 Å². The molecular weight excluding hydrogens is 278 g/mol. The van der Waals surface area contributed by atoms with Gasteiger partial charge < -0.3 is 19.5 Å². The molecule has 0 spiro atoms. The first-order valence-corrected chi connectivity index (χ1v) is 7.18. The van der Waals surface area contributed by atoms with E-state index >= 15 is 0 Å².